The molecule has 0 aliphatic carbocycles. The second-order valence-electron chi connectivity index (χ2n) is 8.14. The Morgan fingerprint density at radius 2 is 1.80 bits per heavy atom. The molecule has 0 bridgehead atoms. The van der Waals surface area contributed by atoms with Crippen molar-refractivity contribution < 1.29 is 9.59 Å². The highest BCUT2D eigenvalue weighted by molar-refractivity contribution is 5.95. The fourth-order valence-corrected chi connectivity index (χ4v) is 3.14. The van der Waals surface area contributed by atoms with Gasteiger partial charge in [0.25, 0.3) is 5.91 Å². The molecule has 2 rings (SSSR count). The molecule has 0 aromatic heterocycles. The summed E-state index contributed by atoms with van der Waals surface area (Å²) in [4.78, 5) is 26.4. The summed E-state index contributed by atoms with van der Waals surface area (Å²) in [5.41, 5.74) is 2.70. The minimum Gasteiger partial charge on any atom is -0.352 e. The number of nitrogens with one attached hydrogen (secondary N) is 2. The van der Waals surface area contributed by atoms with Crippen LogP contribution in [0, 0.1) is 19.8 Å². The molecule has 1 aliphatic rings. The lowest BCUT2D eigenvalue weighted by Gasteiger charge is -2.34. The molecule has 0 unspecified atom stereocenters. The number of nitrogens with zero attached hydrogens (tertiary/aromatic N) is 1. The molecule has 138 valence electrons. The second-order valence-corrected chi connectivity index (χ2v) is 8.14. The monoisotopic (exact) mass is 345 g/mol. The number of rotatable bonds is 3. The summed E-state index contributed by atoms with van der Waals surface area (Å²) in [6, 6.07) is 5.89. The first-order chi connectivity index (χ1) is 11.7. The predicted molar refractivity (Wildman–Crippen MR) is 101 cm³/mol. The van der Waals surface area contributed by atoms with Crippen LogP contribution in [0.4, 0.5) is 4.79 Å². The minimum atomic E-state index is -0.214. The Labute approximate surface area is 151 Å². The Morgan fingerprint density at radius 3 is 2.36 bits per heavy atom. The molecule has 0 spiro atoms. The summed E-state index contributed by atoms with van der Waals surface area (Å²) < 4.78 is 0. The van der Waals surface area contributed by atoms with E-state index in [2.05, 4.69) is 10.6 Å². The molecule has 1 saturated heterocycles. The fourth-order valence-electron chi connectivity index (χ4n) is 3.14. The average molecular weight is 345 g/mol. The van der Waals surface area contributed by atoms with E-state index >= 15 is 0 Å². The highest BCUT2D eigenvalue weighted by Gasteiger charge is 2.25. The standard InChI is InChI=1S/C20H31N3O2/c1-14-6-7-17(15(2)12-14)18(24)21-13-16-8-10-23(11-9-16)19(25)22-20(3,4)5/h6-7,12,16H,8-11,13H2,1-5H3,(H,21,24)(H,22,25). The SMILES string of the molecule is Cc1ccc(C(=O)NCC2CCN(C(=O)NC(C)(C)C)CC2)c(C)c1. The fraction of sp³-hybridized carbons (Fsp3) is 0.600. The maximum atomic E-state index is 12.4. The number of amides is 3. The summed E-state index contributed by atoms with van der Waals surface area (Å²) in [7, 11) is 0. The predicted octanol–water partition coefficient (Wildman–Crippen LogP) is 3.25. The van der Waals surface area contributed by atoms with Crippen molar-refractivity contribution >= 4 is 11.9 Å². The molecule has 1 aliphatic heterocycles. The molecule has 1 aromatic rings. The van der Waals surface area contributed by atoms with Crippen molar-refractivity contribution in [2.75, 3.05) is 19.6 Å². The number of benzene rings is 1. The lowest BCUT2D eigenvalue weighted by molar-refractivity contribution is 0.0936. The molecular weight excluding hydrogens is 314 g/mol. The van der Waals surface area contributed by atoms with Crippen molar-refractivity contribution in [3.8, 4) is 0 Å². The molecule has 0 saturated carbocycles. The van der Waals surface area contributed by atoms with Crippen LogP contribution in [0.1, 0.15) is 55.1 Å². The molecule has 5 heteroatoms. The Bertz CT molecular complexity index is 626. The van der Waals surface area contributed by atoms with Crippen molar-refractivity contribution in [3.05, 3.63) is 34.9 Å². The highest BCUT2D eigenvalue weighted by Crippen LogP contribution is 2.18. The van der Waals surface area contributed by atoms with Gasteiger partial charge in [-0.1, -0.05) is 17.7 Å². The molecule has 2 N–H and O–H groups in total. The van der Waals surface area contributed by atoms with E-state index in [0.717, 1.165) is 42.6 Å². The molecule has 1 aromatic carbocycles. The summed E-state index contributed by atoms with van der Waals surface area (Å²) in [6.07, 6.45) is 1.84. The van der Waals surface area contributed by atoms with Crippen LogP contribution in [0.25, 0.3) is 0 Å². The van der Waals surface area contributed by atoms with E-state index < -0.39 is 0 Å². The first-order valence-electron chi connectivity index (χ1n) is 9.08. The summed E-state index contributed by atoms with van der Waals surface area (Å²) >= 11 is 0. The molecule has 25 heavy (non-hydrogen) atoms. The third kappa shape index (κ3) is 5.76. The van der Waals surface area contributed by atoms with Gasteiger partial charge in [0.15, 0.2) is 0 Å². The number of hydrogen-bond acceptors (Lipinski definition) is 2. The van der Waals surface area contributed by atoms with E-state index in [0.29, 0.717) is 12.5 Å². The van der Waals surface area contributed by atoms with Gasteiger partial charge < -0.3 is 15.5 Å². The number of carbonyl (C=O) groups is 2. The zero-order valence-electron chi connectivity index (χ0n) is 16.1. The van der Waals surface area contributed by atoms with Crippen molar-refractivity contribution in [3.63, 3.8) is 0 Å². The van der Waals surface area contributed by atoms with Crippen LogP contribution >= 0.6 is 0 Å². The van der Waals surface area contributed by atoms with E-state index in [-0.39, 0.29) is 17.5 Å². The Balaban J connectivity index is 1.78. The topological polar surface area (TPSA) is 61.4 Å². The first kappa shape index (κ1) is 19.3. The van der Waals surface area contributed by atoms with Gasteiger partial charge in [0.1, 0.15) is 0 Å². The second kappa shape index (κ2) is 7.89. The van der Waals surface area contributed by atoms with Crippen LogP contribution in [0.2, 0.25) is 0 Å². The molecule has 3 amide bonds. The van der Waals surface area contributed by atoms with E-state index in [1.807, 2.05) is 57.7 Å². The zero-order chi connectivity index (χ0) is 18.6. The van der Waals surface area contributed by atoms with Gasteiger partial charge in [-0.05, 0) is 65.0 Å². The molecule has 0 radical (unpaired) electrons. The van der Waals surface area contributed by atoms with Crippen molar-refractivity contribution in [1.82, 2.24) is 15.5 Å². The average Bonchev–Trinajstić information content (AvgIpc) is 2.51. The van der Waals surface area contributed by atoms with Gasteiger partial charge >= 0.3 is 6.03 Å². The van der Waals surface area contributed by atoms with Gasteiger partial charge in [-0.3, -0.25) is 4.79 Å². The molecule has 1 heterocycles. The van der Waals surface area contributed by atoms with Gasteiger partial charge in [0, 0.05) is 30.7 Å². The lowest BCUT2D eigenvalue weighted by Crippen LogP contribution is -2.51. The van der Waals surface area contributed by atoms with Crippen LogP contribution in [-0.2, 0) is 0 Å². The van der Waals surface area contributed by atoms with Crippen molar-refractivity contribution in [2.45, 2.75) is 53.0 Å². The van der Waals surface area contributed by atoms with Gasteiger partial charge in [-0.25, -0.2) is 4.79 Å². The van der Waals surface area contributed by atoms with E-state index in [1.165, 1.54) is 0 Å². The van der Waals surface area contributed by atoms with E-state index in [4.69, 9.17) is 0 Å². The maximum Gasteiger partial charge on any atom is 0.317 e. The van der Waals surface area contributed by atoms with Crippen LogP contribution in [0.3, 0.4) is 0 Å². The van der Waals surface area contributed by atoms with Gasteiger partial charge in [-0.2, -0.15) is 0 Å². The number of hydrogen-bond donors (Lipinski definition) is 2. The van der Waals surface area contributed by atoms with Crippen LogP contribution in [0.5, 0.6) is 0 Å². The molecule has 0 atom stereocenters. The molecule has 5 nitrogen and oxygen atoms in total. The molecular formula is C20H31N3O2. The highest BCUT2D eigenvalue weighted by atomic mass is 16.2. The van der Waals surface area contributed by atoms with Crippen LogP contribution in [-0.4, -0.2) is 42.0 Å². The van der Waals surface area contributed by atoms with Gasteiger partial charge in [-0.15, -0.1) is 0 Å². The molecule has 1 fully saturated rings. The lowest BCUT2D eigenvalue weighted by atomic mass is 9.96. The van der Waals surface area contributed by atoms with E-state index in [9.17, 15) is 9.59 Å². The smallest absolute Gasteiger partial charge is 0.317 e. The summed E-state index contributed by atoms with van der Waals surface area (Å²) in [5.74, 6) is 0.416. The van der Waals surface area contributed by atoms with Gasteiger partial charge in [0.05, 0.1) is 0 Å². The zero-order valence-corrected chi connectivity index (χ0v) is 16.1. The number of carbonyl (C=O) groups excluding carboxylic acids is 2. The minimum absolute atomic E-state index is 0.00488. The third-order valence-corrected chi connectivity index (χ3v) is 4.56. The van der Waals surface area contributed by atoms with Crippen molar-refractivity contribution in [2.24, 2.45) is 5.92 Å². The first-order valence-corrected chi connectivity index (χ1v) is 9.08. The summed E-state index contributed by atoms with van der Waals surface area (Å²) in [6.45, 7) is 12.1. The summed E-state index contributed by atoms with van der Waals surface area (Å²) in [5, 5.41) is 6.06. The van der Waals surface area contributed by atoms with E-state index in [1.54, 1.807) is 0 Å². The Morgan fingerprint density at radius 1 is 1.16 bits per heavy atom. The number of urea groups is 1. The Hall–Kier alpha value is -2.04. The number of aryl methyl sites for hydroxylation is 2. The van der Waals surface area contributed by atoms with Gasteiger partial charge in [0.2, 0.25) is 0 Å². The number of likely N-dealkylation sites (tertiary alicyclic amines) is 1. The maximum absolute atomic E-state index is 12.4. The quantitative estimate of drug-likeness (QED) is 0.883. The van der Waals surface area contributed by atoms with Crippen LogP contribution < -0.4 is 10.6 Å². The Kier molecular flexibility index (Phi) is 6.09. The normalized spacial score (nSPS) is 15.8. The number of piperidine rings is 1. The largest absolute Gasteiger partial charge is 0.352 e. The van der Waals surface area contributed by atoms with Crippen molar-refractivity contribution in [1.29, 1.82) is 0 Å². The van der Waals surface area contributed by atoms with Crippen LogP contribution in [0.15, 0.2) is 18.2 Å². The third-order valence-electron chi connectivity index (χ3n) is 4.56.